The van der Waals surface area contributed by atoms with E-state index >= 15 is 0 Å². The third-order valence-electron chi connectivity index (χ3n) is 6.49. The molecule has 4 N–H and O–H groups in total. The van der Waals surface area contributed by atoms with Crippen LogP contribution in [0.3, 0.4) is 0 Å². The lowest BCUT2D eigenvalue weighted by Gasteiger charge is -2.43. The first-order valence-corrected chi connectivity index (χ1v) is 10.7. The minimum absolute atomic E-state index is 0. The SMILES string of the molecule is Cc1ccn(C2CCNCC2)c(=O)c1C(=O)N[C@]1(c2ccccc2)CCNC[C@H]1O.Cl.Cl. The van der Waals surface area contributed by atoms with Crippen molar-refractivity contribution in [1.29, 1.82) is 0 Å². The van der Waals surface area contributed by atoms with Crippen LogP contribution in [-0.4, -0.2) is 47.9 Å². The van der Waals surface area contributed by atoms with E-state index in [2.05, 4.69) is 16.0 Å². The fraction of sp³-hybridized carbons (Fsp3) is 0.478. The van der Waals surface area contributed by atoms with Crippen molar-refractivity contribution >= 4 is 30.7 Å². The number of nitrogens with zero attached hydrogens (tertiary/aromatic N) is 1. The van der Waals surface area contributed by atoms with Crippen LogP contribution < -0.4 is 21.5 Å². The number of aliphatic hydroxyl groups is 1. The maximum Gasteiger partial charge on any atom is 0.263 e. The Morgan fingerprint density at radius 3 is 2.44 bits per heavy atom. The zero-order chi connectivity index (χ0) is 21.1. The summed E-state index contributed by atoms with van der Waals surface area (Å²) in [7, 11) is 0. The van der Waals surface area contributed by atoms with Gasteiger partial charge in [-0.1, -0.05) is 30.3 Å². The number of piperidine rings is 2. The molecule has 0 saturated carbocycles. The first kappa shape index (κ1) is 26.4. The van der Waals surface area contributed by atoms with Gasteiger partial charge >= 0.3 is 0 Å². The molecule has 1 aromatic heterocycles. The number of amides is 1. The zero-order valence-corrected chi connectivity index (χ0v) is 19.8. The minimum atomic E-state index is -0.933. The second-order valence-electron chi connectivity index (χ2n) is 8.33. The number of carbonyl (C=O) groups excluding carboxylic acids is 1. The number of halogens is 2. The third-order valence-corrected chi connectivity index (χ3v) is 6.49. The van der Waals surface area contributed by atoms with E-state index in [1.165, 1.54) is 0 Å². The summed E-state index contributed by atoms with van der Waals surface area (Å²) in [6.45, 7) is 4.56. The van der Waals surface area contributed by atoms with Gasteiger partial charge in [-0.2, -0.15) is 0 Å². The lowest BCUT2D eigenvalue weighted by molar-refractivity contribution is 0.0288. The predicted octanol–water partition coefficient (Wildman–Crippen LogP) is 1.90. The van der Waals surface area contributed by atoms with E-state index in [0.717, 1.165) is 31.5 Å². The van der Waals surface area contributed by atoms with E-state index in [1.54, 1.807) is 17.7 Å². The van der Waals surface area contributed by atoms with Crippen molar-refractivity contribution in [3.63, 3.8) is 0 Å². The number of rotatable bonds is 4. The monoisotopic (exact) mass is 482 g/mol. The number of aryl methyl sites for hydroxylation is 1. The third kappa shape index (κ3) is 5.02. The molecule has 2 fully saturated rings. The summed E-state index contributed by atoms with van der Waals surface area (Å²) in [5.74, 6) is -0.425. The molecule has 7 nitrogen and oxygen atoms in total. The van der Waals surface area contributed by atoms with Crippen LogP contribution in [0.15, 0.2) is 47.4 Å². The number of benzene rings is 1. The summed E-state index contributed by atoms with van der Waals surface area (Å²) in [6, 6.07) is 11.5. The summed E-state index contributed by atoms with van der Waals surface area (Å²) in [6.07, 6.45) is 3.27. The zero-order valence-electron chi connectivity index (χ0n) is 18.2. The molecule has 9 heteroatoms. The molecule has 4 rings (SSSR count). The number of aromatic nitrogens is 1. The summed E-state index contributed by atoms with van der Waals surface area (Å²) >= 11 is 0. The van der Waals surface area contributed by atoms with Crippen LogP contribution in [0.4, 0.5) is 0 Å². The van der Waals surface area contributed by atoms with Crippen molar-refractivity contribution in [3.05, 3.63) is 69.6 Å². The van der Waals surface area contributed by atoms with Gasteiger partial charge in [0.15, 0.2) is 0 Å². The van der Waals surface area contributed by atoms with Crippen molar-refractivity contribution in [2.75, 3.05) is 26.2 Å². The maximum absolute atomic E-state index is 13.4. The van der Waals surface area contributed by atoms with Gasteiger partial charge in [0.2, 0.25) is 0 Å². The Balaban J connectivity index is 0.00000181. The number of aliphatic hydroxyl groups excluding tert-OH is 1. The van der Waals surface area contributed by atoms with E-state index in [9.17, 15) is 14.7 Å². The van der Waals surface area contributed by atoms with Crippen LogP contribution >= 0.6 is 24.8 Å². The van der Waals surface area contributed by atoms with Gasteiger partial charge in [0, 0.05) is 18.8 Å². The summed E-state index contributed by atoms with van der Waals surface area (Å²) in [4.78, 5) is 26.7. The van der Waals surface area contributed by atoms with Gasteiger partial charge in [0.25, 0.3) is 11.5 Å². The quantitative estimate of drug-likeness (QED) is 0.533. The fourth-order valence-corrected chi connectivity index (χ4v) is 4.71. The largest absolute Gasteiger partial charge is 0.389 e. The van der Waals surface area contributed by atoms with Crippen molar-refractivity contribution in [3.8, 4) is 0 Å². The fourth-order valence-electron chi connectivity index (χ4n) is 4.71. The molecule has 0 spiro atoms. The number of nitrogens with one attached hydrogen (secondary N) is 3. The van der Waals surface area contributed by atoms with Gasteiger partial charge in [-0.3, -0.25) is 9.59 Å². The Morgan fingerprint density at radius 2 is 1.78 bits per heavy atom. The molecule has 3 heterocycles. The maximum atomic E-state index is 13.4. The second-order valence-corrected chi connectivity index (χ2v) is 8.33. The van der Waals surface area contributed by atoms with Crippen molar-refractivity contribution < 1.29 is 9.90 Å². The molecule has 0 unspecified atom stereocenters. The van der Waals surface area contributed by atoms with Gasteiger partial charge in [-0.15, -0.1) is 24.8 Å². The van der Waals surface area contributed by atoms with E-state index < -0.39 is 17.6 Å². The highest BCUT2D eigenvalue weighted by Crippen LogP contribution is 2.31. The highest BCUT2D eigenvalue weighted by molar-refractivity contribution is 5.96. The standard InChI is InChI=1S/C23H30N4O3.2ClH/c1-16-9-14-27(18-7-11-24-12-8-18)22(30)20(16)21(29)26-23(10-13-25-15-19(23)28)17-5-3-2-4-6-17;;/h2-6,9,14,18-19,24-25,28H,7-8,10-13,15H2,1H3,(H,26,29);2*1H/t19-,23+;;/m1../s1. The number of β-amino-alcohol motifs (C(OH)–C–C–N with tert-alkyl or cyclic N) is 1. The summed E-state index contributed by atoms with van der Waals surface area (Å²) in [5.41, 5.74) is 0.467. The van der Waals surface area contributed by atoms with Crippen LogP contribution in [0, 0.1) is 6.92 Å². The molecule has 176 valence electrons. The molecule has 0 radical (unpaired) electrons. The summed E-state index contributed by atoms with van der Waals surface area (Å²) < 4.78 is 1.71. The first-order chi connectivity index (χ1) is 14.5. The van der Waals surface area contributed by atoms with Crippen molar-refractivity contribution in [2.45, 2.75) is 43.9 Å². The number of pyridine rings is 1. The molecule has 0 bridgehead atoms. The van der Waals surface area contributed by atoms with Crippen LogP contribution in [-0.2, 0) is 5.54 Å². The molecule has 2 aromatic rings. The average molecular weight is 483 g/mol. The number of carbonyl (C=O) groups is 1. The topological polar surface area (TPSA) is 95.4 Å². The molecule has 1 amide bonds. The van der Waals surface area contributed by atoms with Crippen LogP contribution in [0.25, 0.3) is 0 Å². The Labute approximate surface area is 200 Å². The molecule has 2 aliphatic heterocycles. The molecule has 2 atom stereocenters. The van der Waals surface area contributed by atoms with Gasteiger partial charge < -0.3 is 25.6 Å². The van der Waals surface area contributed by atoms with E-state index in [1.807, 2.05) is 36.4 Å². The molecule has 2 saturated heterocycles. The van der Waals surface area contributed by atoms with Crippen molar-refractivity contribution in [2.24, 2.45) is 0 Å². The Morgan fingerprint density at radius 1 is 1.09 bits per heavy atom. The van der Waals surface area contributed by atoms with Crippen LogP contribution in [0.5, 0.6) is 0 Å². The van der Waals surface area contributed by atoms with E-state index in [-0.39, 0.29) is 42.0 Å². The van der Waals surface area contributed by atoms with Crippen LogP contribution in [0.2, 0.25) is 0 Å². The number of hydrogen-bond donors (Lipinski definition) is 4. The van der Waals surface area contributed by atoms with Gasteiger partial charge in [0.05, 0.1) is 11.6 Å². The summed E-state index contributed by atoms with van der Waals surface area (Å²) in [5, 5.41) is 20.5. The second kappa shape index (κ2) is 11.3. The van der Waals surface area contributed by atoms with E-state index in [0.29, 0.717) is 25.1 Å². The smallest absolute Gasteiger partial charge is 0.263 e. The molecule has 32 heavy (non-hydrogen) atoms. The average Bonchev–Trinajstić information content (AvgIpc) is 2.77. The van der Waals surface area contributed by atoms with Crippen LogP contribution in [0.1, 0.15) is 46.8 Å². The van der Waals surface area contributed by atoms with Gasteiger partial charge in [-0.25, -0.2) is 0 Å². The van der Waals surface area contributed by atoms with Gasteiger partial charge in [0.1, 0.15) is 5.56 Å². The molecule has 2 aliphatic rings. The van der Waals surface area contributed by atoms with Gasteiger partial charge in [-0.05, 0) is 63.0 Å². The Bertz CT molecular complexity index is 963. The molecule has 1 aromatic carbocycles. The first-order valence-electron chi connectivity index (χ1n) is 10.7. The normalized spacial score (nSPS) is 23.5. The Kier molecular flexibility index (Phi) is 9.30. The highest BCUT2D eigenvalue weighted by atomic mass is 35.5. The number of hydrogen-bond acceptors (Lipinski definition) is 5. The van der Waals surface area contributed by atoms with E-state index in [4.69, 9.17) is 0 Å². The predicted molar refractivity (Wildman–Crippen MR) is 130 cm³/mol. The highest BCUT2D eigenvalue weighted by Gasteiger charge is 2.43. The Hall–Kier alpha value is -1.90. The lowest BCUT2D eigenvalue weighted by Crippen LogP contribution is -2.61. The molecular weight excluding hydrogens is 451 g/mol. The van der Waals surface area contributed by atoms with Crippen molar-refractivity contribution in [1.82, 2.24) is 20.5 Å². The minimum Gasteiger partial charge on any atom is -0.389 e. The molecule has 0 aliphatic carbocycles. The molecular formula is C23H32Cl2N4O3. The lowest BCUT2D eigenvalue weighted by atomic mass is 9.79.